The summed E-state index contributed by atoms with van der Waals surface area (Å²) in [6.07, 6.45) is 1.13. The fourth-order valence-electron chi connectivity index (χ4n) is 4.26. The number of hydrogen-bond donors (Lipinski definition) is 1. The molecule has 32 heavy (non-hydrogen) atoms. The van der Waals surface area contributed by atoms with Crippen molar-refractivity contribution < 1.29 is 13.2 Å². The Kier molecular flexibility index (Phi) is 5.43. The number of rotatable bonds is 5. The average Bonchev–Trinajstić information content (AvgIpc) is 3.42. The predicted octanol–water partition coefficient (Wildman–Crippen LogP) is 3.66. The number of anilines is 2. The maximum Gasteiger partial charge on any atom is 0.224 e. The summed E-state index contributed by atoms with van der Waals surface area (Å²) >= 11 is 7.47. The Morgan fingerprint density at radius 2 is 2.06 bits per heavy atom. The second kappa shape index (κ2) is 8.13. The molecule has 0 bridgehead atoms. The molecule has 3 aromatic rings. The van der Waals surface area contributed by atoms with Crippen molar-refractivity contribution in [3.63, 3.8) is 0 Å². The van der Waals surface area contributed by atoms with Crippen LogP contribution in [-0.2, 0) is 39.0 Å². The summed E-state index contributed by atoms with van der Waals surface area (Å²) in [5.74, 6) is 1.01. The first-order valence-corrected chi connectivity index (χ1v) is 13.4. The van der Waals surface area contributed by atoms with Crippen molar-refractivity contribution in [2.75, 3.05) is 18.0 Å². The van der Waals surface area contributed by atoms with Crippen LogP contribution in [0.15, 0.2) is 30.3 Å². The predicted molar refractivity (Wildman–Crippen MR) is 126 cm³/mol. The average molecular weight is 489 g/mol. The lowest BCUT2D eigenvalue weighted by molar-refractivity contribution is -0.120. The molecule has 2 aliphatic heterocycles. The molecule has 0 spiro atoms. The first kappa shape index (κ1) is 21.4. The van der Waals surface area contributed by atoms with Crippen molar-refractivity contribution in [2.24, 2.45) is 0 Å². The van der Waals surface area contributed by atoms with E-state index < -0.39 is 9.84 Å². The van der Waals surface area contributed by atoms with Gasteiger partial charge in [0, 0.05) is 24.3 Å². The van der Waals surface area contributed by atoms with Crippen LogP contribution in [0.1, 0.15) is 29.3 Å². The van der Waals surface area contributed by atoms with E-state index in [2.05, 4.69) is 21.3 Å². The standard InChI is InChI=1S/C22H21ClN4O3S2/c1-2-24-20(28)10-13-3-4-17-14(9-13)7-8-27(17)22-15-11-32(29,30)12-16(15)25-21(26-22)18-5-6-19(23)31-18/h3-6,9H,2,7-8,10-12H2,1H3,(H,24,28). The molecule has 10 heteroatoms. The molecule has 4 heterocycles. The summed E-state index contributed by atoms with van der Waals surface area (Å²) in [7, 11) is -3.25. The molecule has 0 unspecified atom stereocenters. The zero-order valence-corrected chi connectivity index (χ0v) is 19.8. The van der Waals surface area contributed by atoms with Gasteiger partial charge in [-0.3, -0.25) is 4.79 Å². The number of nitrogens with one attached hydrogen (secondary N) is 1. The van der Waals surface area contributed by atoms with Crippen molar-refractivity contribution in [1.29, 1.82) is 0 Å². The van der Waals surface area contributed by atoms with Gasteiger partial charge in [-0.1, -0.05) is 23.7 Å². The third kappa shape index (κ3) is 4.00. The minimum absolute atomic E-state index is 0.000352. The van der Waals surface area contributed by atoms with Crippen molar-refractivity contribution >= 4 is 50.2 Å². The van der Waals surface area contributed by atoms with Crippen molar-refractivity contribution in [3.05, 3.63) is 57.1 Å². The zero-order chi connectivity index (χ0) is 22.5. The highest BCUT2D eigenvalue weighted by molar-refractivity contribution is 7.90. The third-order valence-corrected chi connectivity index (χ3v) is 8.29. The first-order chi connectivity index (χ1) is 15.3. The summed E-state index contributed by atoms with van der Waals surface area (Å²) in [5.41, 5.74) is 4.32. The molecular weight excluding hydrogens is 468 g/mol. The van der Waals surface area contributed by atoms with Crippen LogP contribution in [0.2, 0.25) is 4.34 Å². The highest BCUT2D eigenvalue weighted by Crippen LogP contribution is 2.41. The zero-order valence-electron chi connectivity index (χ0n) is 17.4. The van der Waals surface area contributed by atoms with Gasteiger partial charge in [-0.15, -0.1) is 11.3 Å². The number of benzene rings is 1. The molecule has 0 saturated carbocycles. The molecule has 5 rings (SSSR count). The SMILES string of the molecule is CCNC(=O)Cc1ccc2c(c1)CCN2c1nc(-c2ccc(Cl)s2)nc2c1CS(=O)(=O)C2. The van der Waals surface area contributed by atoms with Crippen molar-refractivity contribution in [1.82, 2.24) is 15.3 Å². The number of sulfone groups is 1. The van der Waals surface area contributed by atoms with Gasteiger partial charge in [-0.05, 0) is 42.7 Å². The van der Waals surface area contributed by atoms with Gasteiger partial charge in [0.15, 0.2) is 15.7 Å². The summed E-state index contributed by atoms with van der Waals surface area (Å²) in [5, 5.41) is 2.82. The number of carbonyl (C=O) groups excluding carboxylic acids is 1. The largest absolute Gasteiger partial charge is 0.356 e. The molecule has 1 aromatic carbocycles. The van der Waals surface area contributed by atoms with Gasteiger partial charge in [0.1, 0.15) is 5.82 Å². The Morgan fingerprint density at radius 1 is 1.22 bits per heavy atom. The second-order valence-electron chi connectivity index (χ2n) is 7.93. The molecule has 0 radical (unpaired) electrons. The molecule has 2 aliphatic rings. The Morgan fingerprint density at radius 3 is 2.81 bits per heavy atom. The van der Waals surface area contributed by atoms with E-state index >= 15 is 0 Å². The number of aromatic nitrogens is 2. The topological polar surface area (TPSA) is 92.3 Å². The maximum atomic E-state index is 12.4. The monoisotopic (exact) mass is 488 g/mol. The Balaban J connectivity index is 1.55. The van der Waals surface area contributed by atoms with Gasteiger partial charge in [0.25, 0.3) is 0 Å². The highest BCUT2D eigenvalue weighted by atomic mass is 35.5. The van der Waals surface area contributed by atoms with E-state index in [1.54, 1.807) is 6.07 Å². The number of halogens is 1. The molecular formula is C22H21ClN4O3S2. The van der Waals surface area contributed by atoms with Crippen molar-refractivity contribution in [2.45, 2.75) is 31.3 Å². The van der Waals surface area contributed by atoms with Gasteiger partial charge in [0.05, 0.1) is 32.8 Å². The summed E-state index contributed by atoms with van der Waals surface area (Å²) < 4.78 is 25.4. The maximum absolute atomic E-state index is 12.4. The molecule has 0 saturated heterocycles. The fraction of sp³-hybridized carbons (Fsp3) is 0.318. The van der Waals surface area contributed by atoms with Gasteiger partial charge in [0.2, 0.25) is 5.91 Å². The molecule has 2 aromatic heterocycles. The lowest BCUT2D eigenvalue weighted by Gasteiger charge is -2.21. The molecule has 0 fully saturated rings. The molecule has 166 valence electrons. The third-order valence-electron chi connectivity index (χ3n) is 5.62. The number of carbonyl (C=O) groups is 1. The molecule has 0 atom stereocenters. The Hall–Kier alpha value is -2.49. The lowest BCUT2D eigenvalue weighted by Crippen LogP contribution is -2.24. The molecule has 1 N–H and O–H groups in total. The van der Waals surface area contributed by atoms with E-state index in [1.165, 1.54) is 11.3 Å². The van der Waals surface area contributed by atoms with Gasteiger partial charge < -0.3 is 10.2 Å². The molecule has 0 aliphatic carbocycles. The number of hydrogen-bond acceptors (Lipinski definition) is 7. The van der Waals surface area contributed by atoms with Crippen LogP contribution < -0.4 is 10.2 Å². The van der Waals surface area contributed by atoms with Crippen LogP contribution in [0.25, 0.3) is 10.7 Å². The molecule has 1 amide bonds. The number of amides is 1. The normalized spacial score (nSPS) is 16.1. The minimum atomic E-state index is -3.25. The van der Waals surface area contributed by atoms with E-state index in [0.29, 0.717) is 46.7 Å². The lowest BCUT2D eigenvalue weighted by atomic mass is 10.1. The van der Waals surface area contributed by atoms with E-state index in [0.717, 1.165) is 28.1 Å². The minimum Gasteiger partial charge on any atom is -0.356 e. The number of fused-ring (bicyclic) bond motifs is 2. The first-order valence-electron chi connectivity index (χ1n) is 10.3. The van der Waals surface area contributed by atoms with Crippen LogP contribution in [0.3, 0.4) is 0 Å². The van der Waals surface area contributed by atoms with Gasteiger partial charge in [-0.25, -0.2) is 18.4 Å². The summed E-state index contributed by atoms with van der Waals surface area (Å²) in [6.45, 7) is 3.20. The summed E-state index contributed by atoms with van der Waals surface area (Å²) in [6, 6.07) is 9.65. The van der Waals surface area contributed by atoms with Crippen LogP contribution >= 0.6 is 22.9 Å². The highest BCUT2D eigenvalue weighted by Gasteiger charge is 2.34. The van der Waals surface area contributed by atoms with Crippen LogP contribution in [0.4, 0.5) is 11.5 Å². The van der Waals surface area contributed by atoms with Gasteiger partial charge in [-0.2, -0.15) is 0 Å². The van der Waals surface area contributed by atoms with E-state index in [-0.39, 0.29) is 17.4 Å². The smallest absolute Gasteiger partial charge is 0.224 e. The second-order valence-corrected chi connectivity index (χ2v) is 11.7. The van der Waals surface area contributed by atoms with Crippen LogP contribution in [0.5, 0.6) is 0 Å². The molecule has 7 nitrogen and oxygen atoms in total. The number of thiophene rings is 1. The van der Waals surface area contributed by atoms with E-state index in [9.17, 15) is 13.2 Å². The summed E-state index contributed by atoms with van der Waals surface area (Å²) in [4.78, 5) is 24.2. The quantitative estimate of drug-likeness (QED) is 0.589. The Bertz CT molecular complexity index is 1340. The van der Waals surface area contributed by atoms with Crippen LogP contribution in [0, 0.1) is 0 Å². The van der Waals surface area contributed by atoms with E-state index in [4.69, 9.17) is 16.6 Å². The number of nitrogens with zero attached hydrogens (tertiary/aromatic N) is 3. The fourth-order valence-corrected chi connectivity index (χ4v) is 6.73. The van der Waals surface area contributed by atoms with Gasteiger partial charge >= 0.3 is 0 Å². The number of likely N-dealkylation sites (N-methyl/N-ethyl adjacent to an activating group) is 1. The van der Waals surface area contributed by atoms with E-state index in [1.807, 2.05) is 25.1 Å². The Labute approximate surface area is 195 Å². The van der Waals surface area contributed by atoms with Crippen molar-refractivity contribution in [3.8, 4) is 10.7 Å². The van der Waals surface area contributed by atoms with Crippen LogP contribution in [-0.4, -0.2) is 37.4 Å².